The average molecular weight is 241 g/mol. The SMILES string of the molecule is CCNC.CNC(C)=O.CNS(=O)OC. The molecule has 94 valence electrons. The Morgan fingerprint density at radius 3 is 1.67 bits per heavy atom. The topological polar surface area (TPSA) is 79.5 Å². The van der Waals surface area contributed by atoms with Crippen LogP contribution in [0.2, 0.25) is 0 Å². The van der Waals surface area contributed by atoms with Crippen LogP contribution in [0.15, 0.2) is 0 Å². The van der Waals surface area contributed by atoms with Gasteiger partial charge in [0.2, 0.25) is 17.2 Å². The number of rotatable bonds is 3. The minimum Gasteiger partial charge on any atom is -0.359 e. The summed E-state index contributed by atoms with van der Waals surface area (Å²) in [6, 6.07) is 0. The van der Waals surface area contributed by atoms with Crippen molar-refractivity contribution >= 4 is 17.2 Å². The number of amides is 1. The summed E-state index contributed by atoms with van der Waals surface area (Å²) in [5.74, 6) is 0.00463. The largest absolute Gasteiger partial charge is 0.359 e. The van der Waals surface area contributed by atoms with E-state index in [9.17, 15) is 9.00 Å². The molecule has 0 rings (SSSR count). The molecule has 1 amide bonds. The molecule has 6 nitrogen and oxygen atoms in total. The number of hydrogen-bond donors (Lipinski definition) is 3. The molecule has 0 saturated carbocycles. The molecular formula is C8H23N3O3S. The Bertz CT molecular complexity index is 148. The van der Waals surface area contributed by atoms with Crippen molar-refractivity contribution in [3.05, 3.63) is 0 Å². The van der Waals surface area contributed by atoms with E-state index in [0.717, 1.165) is 6.54 Å². The Morgan fingerprint density at radius 1 is 1.33 bits per heavy atom. The second kappa shape index (κ2) is 19.1. The van der Waals surface area contributed by atoms with Crippen LogP contribution in [0.25, 0.3) is 0 Å². The lowest BCUT2D eigenvalue weighted by atomic mass is 10.7. The van der Waals surface area contributed by atoms with E-state index in [1.165, 1.54) is 14.0 Å². The highest BCUT2D eigenvalue weighted by Crippen LogP contribution is 1.65. The van der Waals surface area contributed by atoms with E-state index in [2.05, 4.69) is 26.5 Å². The van der Waals surface area contributed by atoms with Crippen LogP contribution in [-0.2, 0) is 20.2 Å². The lowest BCUT2D eigenvalue weighted by molar-refractivity contribution is -0.118. The van der Waals surface area contributed by atoms with Gasteiger partial charge in [-0.25, -0.2) is 8.93 Å². The molecule has 0 aromatic heterocycles. The van der Waals surface area contributed by atoms with Crippen LogP contribution in [0.1, 0.15) is 13.8 Å². The lowest BCUT2D eigenvalue weighted by Gasteiger charge is -1.88. The molecule has 0 spiro atoms. The Morgan fingerprint density at radius 2 is 1.67 bits per heavy atom. The van der Waals surface area contributed by atoms with Crippen LogP contribution >= 0.6 is 0 Å². The highest BCUT2D eigenvalue weighted by atomic mass is 32.2. The molecule has 0 aromatic carbocycles. The van der Waals surface area contributed by atoms with Gasteiger partial charge in [0.05, 0.1) is 7.11 Å². The molecule has 0 aliphatic heterocycles. The van der Waals surface area contributed by atoms with Gasteiger partial charge in [0, 0.05) is 14.0 Å². The van der Waals surface area contributed by atoms with Gasteiger partial charge in [-0.05, 0) is 20.6 Å². The smallest absolute Gasteiger partial charge is 0.233 e. The van der Waals surface area contributed by atoms with Gasteiger partial charge in [-0.15, -0.1) is 0 Å². The fourth-order valence-corrected chi connectivity index (χ4v) is 0.250. The zero-order valence-electron chi connectivity index (χ0n) is 10.3. The molecule has 3 N–H and O–H groups in total. The van der Waals surface area contributed by atoms with Gasteiger partial charge >= 0.3 is 0 Å². The van der Waals surface area contributed by atoms with Crippen molar-refractivity contribution in [2.75, 3.05) is 34.8 Å². The fraction of sp³-hybridized carbons (Fsp3) is 0.875. The minimum absolute atomic E-state index is 0.00463. The molecule has 0 aliphatic carbocycles. The van der Waals surface area contributed by atoms with Crippen LogP contribution in [-0.4, -0.2) is 44.9 Å². The molecule has 15 heavy (non-hydrogen) atoms. The molecule has 7 heteroatoms. The fourth-order valence-electron chi connectivity index (χ4n) is 0.0833. The number of hydrogen-bond acceptors (Lipinski definition) is 4. The maximum atomic E-state index is 9.96. The zero-order chi connectivity index (χ0) is 12.7. The van der Waals surface area contributed by atoms with Crippen LogP contribution < -0.4 is 15.4 Å². The van der Waals surface area contributed by atoms with Crippen molar-refractivity contribution < 1.29 is 13.2 Å². The molecule has 0 heterocycles. The molecule has 0 fully saturated rings. The third kappa shape index (κ3) is 42.3. The van der Waals surface area contributed by atoms with Gasteiger partial charge in [-0.3, -0.25) is 8.98 Å². The van der Waals surface area contributed by atoms with E-state index in [1.807, 2.05) is 7.05 Å². The summed E-state index contributed by atoms with van der Waals surface area (Å²) in [6.07, 6.45) is 0. The number of nitrogens with one attached hydrogen (secondary N) is 3. The van der Waals surface area contributed by atoms with Gasteiger partial charge in [-0.2, -0.15) is 0 Å². The predicted molar refractivity (Wildman–Crippen MR) is 63.6 cm³/mol. The van der Waals surface area contributed by atoms with E-state index >= 15 is 0 Å². The third-order valence-corrected chi connectivity index (χ3v) is 1.66. The Kier molecular flexibility index (Phi) is 25.5. The molecule has 0 saturated heterocycles. The normalized spacial score (nSPS) is 10.0. The maximum absolute atomic E-state index is 9.96. The van der Waals surface area contributed by atoms with Crippen molar-refractivity contribution in [3.8, 4) is 0 Å². The Hall–Kier alpha value is -0.500. The zero-order valence-corrected chi connectivity index (χ0v) is 11.2. The highest BCUT2D eigenvalue weighted by Gasteiger charge is 1.81. The van der Waals surface area contributed by atoms with Gasteiger partial charge in [0.25, 0.3) is 0 Å². The first-order valence-electron chi connectivity index (χ1n) is 4.46. The number of carbonyl (C=O) groups excluding carboxylic acids is 1. The van der Waals surface area contributed by atoms with Crippen LogP contribution in [0, 0.1) is 0 Å². The number of carbonyl (C=O) groups is 1. The molecule has 0 aliphatic rings. The molecule has 0 aromatic rings. The van der Waals surface area contributed by atoms with E-state index < -0.39 is 11.3 Å². The van der Waals surface area contributed by atoms with Crippen molar-refractivity contribution in [2.45, 2.75) is 13.8 Å². The molecule has 0 radical (unpaired) electrons. The summed E-state index contributed by atoms with van der Waals surface area (Å²) < 4.78 is 16.6. The second-order valence-corrected chi connectivity index (χ2v) is 3.33. The summed E-state index contributed by atoms with van der Waals surface area (Å²) >= 11 is -1.28. The first-order valence-corrected chi connectivity index (χ1v) is 5.54. The molecule has 1 unspecified atom stereocenters. The van der Waals surface area contributed by atoms with Gasteiger partial charge in [0.15, 0.2) is 0 Å². The van der Waals surface area contributed by atoms with Gasteiger partial charge in [-0.1, -0.05) is 6.92 Å². The van der Waals surface area contributed by atoms with Gasteiger partial charge in [0.1, 0.15) is 0 Å². The van der Waals surface area contributed by atoms with Gasteiger partial charge < -0.3 is 10.6 Å². The first kappa shape index (κ1) is 20.0. The van der Waals surface area contributed by atoms with Crippen LogP contribution in [0.5, 0.6) is 0 Å². The molecule has 0 bridgehead atoms. The summed E-state index contributed by atoms with van der Waals surface area (Å²) in [4.78, 5) is 9.70. The van der Waals surface area contributed by atoms with Crippen molar-refractivity contribution in [3.63, 3.8) is 0 Å². The summed E-state index contributed by atoms with van der Waals surface area (Å²) in [5, 5.41) is 5.32. The van der Waals surface area contributed by atoms with E-state index in [1.54, 1.807) is 14.1 Å². The van der Waals surface area contributed by atoms with E-state index in [-0.39, 0.29) is 5.91 Å². The summed E-state index contributed by atoms with van der Waals surface area (Å²) in [7, 11) is 6.45. The molecule has 1 atom stereocenters. The van der Waals surface area contributed by atoms with Crippen LogP contribution in [0.4, 0.5) is 0 Å². The lowest BCUT2D eigenvalue weighted by Crippen LogP contribution is -2.11. The van der Waals surface area contributed by atoms with Crippen molar-refractivity contribution in [1.82, 2.24) is 15.4 Å². The summed E-state index contributed by atoms with van der Waals surface area (Å²) in [6.45, 7) is 4.61. The van der Waals surface area contributed by atoms with Crippen molar-refractivity contribution in [1.29, 1.82) is 0 Å². The van der Waals surface area contributed by atoms with E-state index in [4.69, 9.17) is 0 Å². The third-order valence-electron chi connectivity index (χ3n) is 1.02. The second-order valence-electron chi connectivity index (χ2n) is 2.12. The summed E-state index contributed by atoms with van der Waals surface area (Å²) in [5.41, 5.74) is 0. The van der Waals surface area contributed by atoms with Crippen LogP contribution in [0.3, 0.4) is 0 Å². The maximum Gasteiger partial charge on any atom is 0.233 e. The Labute approximate surface area is 94.9 Å². The predicted octanol–water partition coefficient (Wildman–Crippen LogP) is -0.591. The standard InChI is InChI=1S/C3H7NO.C3H9N.C2H7NO2S/c1-3(5)4-2;1-3-4-2;1-3-6(4)5-2/h1-2H3,(H,4,5);4H,3H2,1-2H3;3H,1-2H3. The first-order chi connectivity index (χ1) is 6.99. The highest BCUT2D eigenvalue weighted by molar-refractivity contribution is 7.78. The minimum atomic E-state index is -1.28. The van der Waals surface area contributed by atoms with E-state index in [0.29, 0.717) is 0 Å². The quantitative estimate of drug-likeness (QED) is 0.617. The molecular weight excluding hydrogens is 218 g/mol. The monoisotopic (exact) mass is 241 g/mol. The average Bonchev–Trinajstić information content (AvgIpc) is 2.28. The Balaban J connectivity index is -0.000000147. The van der Waals surface area contributed by atoms with Crippen molar-refractivity contribution in [2.24, 2.45) is 0 Å².